The molecule has 9 heteroatoms. The summed E-state index contributed by atoms with van der Waals surface area (Å²) in [4.78, 5) is 24.0. The molecule has 1 aromatic rings. The predicted octanol–water partition coefficient (Wildman–Crippen LogP) is -1.29. The van der Waals surface area contributed by atoms with Gasteiger partial charge in [0.2, 0.25) is 10.0 Å². The van der Waals surface area contributed by atoms with Crippen LogP contribution in [0.5, 0.6) is 0 Å². The van der Waals surface area contributed by atoms with Gasteiger partial charge >= 0.3 is 11.8 Å². The Morgan fingerprint density at radius 1 is 1.00 bits per heavy atom. The van der Waals surface area contributed by atoms with E-state index in [1.807, 2.05) is 0 Å². The van der Waals surface area contributed by atoms with E-state index in [-0.39, 0.29) is 0 Å². The molecule has 4 N–H and O–H groups in total. The van der Waals surface area contributed by atoms with E-state index in [0.29, 0.717) is 5.69 Å². The maximum Gasteiger partial charge on any atom is 0.329 e. The van der Waals surface area contributed by atoms with Crippen LogP contribution in [0.3, 0.4) is 0 Å². The Kier molecular flexibility index (Phi) is 4.63. The Morgan fingerprint density at radius 2 is 1.56 bits per heavy atom. The van der Waals surface area contributed by atoms with Crippen LogP contribution < -0.4 is 21.1 Å². The van der Waals surface area contributed by atoms with E-state index in [4.69, 9.17) is 0 Å². The van der Waals surface area contributed by atoms with Gasteiger partial charge in [0, 0.05) is 0 Å². The Morgan fingerprint density at radius 3 is 2.11 bits per heavy atom. The molecule has 0 aliphatic carbocycles. The molecule has 1 aromatic carbocycles. The second-order valence-corrected chi connectivity index (χ2v) is 5.02. The fourth-order valence-electron chi connectivity index (χ4n) is 0.903. The molecule has 0 unspecified atom stereocenters. The summed E-state index contributed by atoms with van der Waals surface area (Å²) in [5.41, 5.74) is 6.89. The van der Waals surface area contributed by atoms with Crippen LogP contribution in [-0.2, 0) is 19.6 Å². The lowest BCUT2D eigenvalue weighted by molar-refractivity contribution is -0.139. The van der Waals surface area contributed by atoms with Gasteiger partial charge in [0.1, 0.15) is 0 Å². The number of carbonyl (C=O) groups is 2. The maximum absolute atomic E-state index is 11.2. The highest BCUT2D eigenvalue weighted by Crippen LogP contribution is 2.02. The molecule has 0 atom stereocenters. The third-order valence-electron chi connectivity index (χ3n) is 1.65. The Labute approximate surface area is 104 Å². The van der Waals surface area contributed by atoms with Crippen LogP contribution in [0.2, 0.25) is 0 Å². The minimum Gasteiger partial charge on any atom is -0.298 e. The van der Waals surface area contributed by atoms with Gasteiger partial charge in [0.15, 0.2) is 0 Å². The SMILES string of the molecule is CS(=O)(=O)NNC(=O)C(=O)NNc1ccccc1. The average Bonchev–Trinajstić information content (AvgIpc) is 2.33. The number of carbonyl (C=O) groups excluding carboxylic acids is 2. The first kappa shape index (κ1) is 13.9. The van der Waals surface area contributed by atoms with E-state index < -0.39 is 21.8 Å². The van der Waals surface area contributed by atoms with Gasteiger partial charge in [-0.3, -0.25) is 25.9 Å². The standard InChI is InChI=1S/C9H12N4O4S/c1-18(16,17)13-12-9(15)8(14)11-10-7-5-3-2-4-6-7/h2-6,10,13H,1H3,(H,11,14)(H,12,15). The zero-order valence-corrected chi connectivity index (χ0v) is 10.2. The highest BCUT2D eigenvalue weighted by Gasteiger charge is 2.14. The average molecular weight is 272 g/mol. The molecule has 98 valence electrons. The smallest absolute Gasteiger partial charge is 0.298 e. The van der Waals surface area contributed by atoms with Crippen molar-refractivity contribution in [1.82, 2.24) is 15.7 Å². The zero-order chi connectivity index (χ0) is 13.6. The Bertz CT molecular complexity index is 529. The lowest BCUT2D eigenvalue weighted by Gasteiger charge is -2.08. The van der Waals surface area contributed by atoms with E-state index >= 15 is 0 Å². The number of hydrogen-bond donors (Lipinski definition) is 4. The van der Waals surface area contributed by atoms with Crippen molar-refractivity contribution < 1.29 is 18.0 Å². The Balaban J connectivity index is 2.39. The van der Waals surface area contributed by atoms with E-state index in [9.17, 15) is 18.0 Å². The molecule has 0 radical (unpaired) electrons. The lowest BCUT2D eigenvalue weighted by atomic mass is 10.3. The fourth-order valence-corrected chi connectivity index (χ4v) is 1.18. The summed E-state index contributed by atoms with van der Waals surface area (Å²) in [5, 5.41) is 0. The number of benzene rings is 1. The molecule has 0 bridgehead atoms. The molecular formula is C9H12N4O4S. The first-order valence-electron chi connectivity index (χ1n) is 4.76. The molecule has 0 aliphatic heterocycles. The number of sulfonamides is 1. The number of anilines is 1. The van der Waals surface area contributed by atoms with Crippen molar-refractivity contribution >= 4 is 27.5 Å². The largest absolute Gasteiger partial charge is 0.329 e. The van der Waals surface area contributed by atoms with Crippen LogP contribution in [-0.4, -0.2) is 26.5 Å². The highest BCUT2D eigenvalue weighted by molar-refractivity contribution is 7.88. The monoisotopic (exact) mass is 272 g/mol. The van der Waals surface area contributed by atoms with Crippen LogP contribution in [0.25, 0.3) is 0 Å². The van der Waals surface area contributed by atoms with Crippen molar-refractivity contribution in [1.29, 1.82) is 0 Å². The minimum absolute atomic E-state index is 0.578. The van der Waals surface area contributed by atoms with Crippen LogP contribution in [0.1, 0.15) is 0 Å². The van der Waals surface area contributed by atoms with E-state index in [0.717, 1.165) is 6.26 Å². The van der Waals surface area contributed by atoms with Gasteiger partial charge in [-0.2, -0.15) is 0 Å². The third kappa shape index (κ3) is 5.27. The summed E-state index contributed by atoms with van der Waals surface area (Å²) in [5.74, 6) is -2.17. The number of amides is 2. The summed E-state index contributed by atoms with van der Waals surface area (Å²) < 4.78 is 21.3. The first-order chi connectivity index (χ1) is 8.38. The van der Waals surface area contributed by atoms with E-state index in [2.05, 4.69) is 10.9 Å². The van der Waals surface area contributed by atoms with Crippen molar-refractivity contribution in [3.63, 3.8) is 0 Å². The van der Waals surface area contributed by atoms with Gasteiger partial charge in [-0.15, -0.1) is 4.83 Å². The van der Waals surface area contributed by atoms with E-state index in [1.54, 1.807) is 40.6 Å². The van der Waals surface area contributed by atoms with Crippen molar-refractivity contribution in [3.05, 3.63) is 30.3 Å². The fraction of sp³-hybridized carbons (Fsp3) is 0.111. The molecule has 0 aliphatic rings. The lowest BCUT2D eigenvalue weighted by Crippen LogP contribution is -2.49. The molecular weight excluding hydrogens is 260 g/mol. The molecule has 0 aromatic heterocycles. The first-order valence-corrected chi connectivity index (χ1v) is 6.66. The number of hydrazine groups is 2. The predicted molar refractivity (Wildman–Crippen MR) is 64.3 cm³/mol. The van der Waals surface area contributed by atoms with Gasteiger partial charge in [0.25, 0.3) is 0 Å². The van der Waals surface area contributed by atoms with Crippen molar-refractivity contribution in [3.8, 4) is 0 Å². The second-order valence-electron chi connectivity index (χ2n) is 3.27. The van der Waals surface area contributed by atoms with Crippen molar-refractivity contribution in [2.75, 3.05) is 11.7 Å². The topological polar surface area (TPSA) is 116 Å². The molecule has 1 rings (SSSR count). The van der Waals surface area contributed by atoms with Gasteiger partial charge in [0.05, 0.1) is 11.9 Å². The summed E-state index contributed by atoms with van der Waals surface area (Å²) >= 11 is 0. The maximum atomic E-state index is 11.2. The molecule has 8 nitrogen and oxygen atoms in total. The number of nitrogens with one attached hydrogen (secondary N) is 4. The Hall–Kier alpha value is -2.13. The molecule has 18 heavy (non-hydrogen) atoms. The highest BCUT2D eigenvalue weighted by atomic mass is 32.2. The van der Waals surface area contributed by atoms with Crippen molar-refractivity contribution in [2.24, 2.45) is 0 Å². The van der Waals surface area contributed by atoms with Crippen LogP contribution in [0.15, 0.2) is 30.3 Å². The third-order valence-corrected chi connectivity index (χ3v) is 2.12. The summed E-state index contributed by atoms with van der Waals surface area (Å²) in [6.07, 6.45) is 0.841. The van der Waals surface area contributed by atoms with Gasteiger partial charge in [-0.1, -0.05) is 18.2 Å². The van der Waals surface area contributed by atoms with Gasteiger partial charge in [-0.05, 0) is 12.1 Å². The number of hydrogen-bond acceptors (Lipinski definition) is 5. The summed E-state index contributed by atoms with van der Waals surface area (Å²) in [7, 11) is -3.60. The number of rotatable bonds is 4. The zero-order valence-electron chi connectivity index (χ0n) is 9.43. The molecule has 0 heterocycles. The van der Waals surface area contributed by atoms with Gasteiger partial charge < -0.3 is 0 Å². The van der Waals surface area contributed by atoms with Gasteiger partial charge in [-0.25, -0.2) is 8.42 Å². The van der Waals surface area contributed by atoms with Crippen LogP contribution in [0, 0.1) is 0 Å². The molecule has 0 saturated carbocycles. The summed E-state index contributed by atoms with van der Waals surface area (Å²) in [6, 6.07) is 8.61. The normalized spacial score (nSPS) is 10.5. The minimum atomic E-state index is -3.60. The molecule has 0 fully saturated rings. The quantitative estimate of drug-likeness (QED) is 0.402. The summed E-state index contributed by atoms with van der Waals surface area (Å²) in [6.45, 7) is 0. The van der Waals surface area contributed by atoms with Crippen LogP contribution in [0.4, 0.5) is 5.69 Å². The molecule has 0 saturated heterocycles. The van der Waals surface area contributed by atoms with E-state index in [1.165, 1.54) is 0 Å². The van der Waals surface area contributed by atoms with Crippen LogP contribution >= 0.6 is 0 Å². The number of para-hydroxylation sites is 1. The van der Waals surface area contributed by atoms with Crippen molar-refractivity contribution in [2.45, 2.75) is 0 Å². The second kappa shape index (κ2) is 5.98. The molecule has 2 amide bonds. The molecule has 0 spiro atoms.